The Kier molecular flexibility index (Phi) is 4.26. The summed E-state index contributed by atoms with van der Waals surface area (Å²) < 4.78 is 7.94. The first-order valence-corrected chi connectivity index (χ1v) is 8.79. The van der Waals surface area contributed by atoms with Crippen LogP contribution in [0.2, 0.25) is 0 Å². The first-order chi connectivity index (χ1) is 10.1. The van der Waals surface area contributed by atoms with Crippen molar-refractivity contribution < 1.29 is 9.53 Å². The first kappa shape index (κ1) is 14.9. The summed E-state index contributed by atoms with van der Waals surface area (Å²) in [7, 11) is 0. The Labute approximate surface area is 129 Å². The second-order valence-electron chi connectivity index (χ2n) is 6.30. The van der Waals surface area contributed by atoms with Gasteiger partial charge in [-0.25, -0.2) is 4.98 Å². The highest BCUT2D eigenvalue weighted by atomic mass is 32.2. The largest absolute Gasteiger partial charge is 0.374 e. The van der Waals surface area contributed by atoms with Crippen molar-refractivity contribution in [2.75, 3.05) is 18.1 Å². The van der Waals surface area contributed by atoms with Crippen molar-refractivity contribution in [1.29, 1.82) is 0 Å². The minimum absolute atomic E-state index is 0.00183. The molecule has 116 valence electrons. The monoisotopic (exact) mass is 309 g/mol. The number of ether oxygens (including phenoxy) is 1. The lowest BCUT2D eigenvalue weighted by atomic mass is 9.90. The zero-order valence-electron chi connectivity index (χ0n) is 12.7. The van der Waals surface area contributed by atoms with Crippen LogP contribution in [0.1, 0.15) is 49.6 Å². The maximum atomic E-state index is 12.3. The van der Waals surface area contributed by atoms with Gasteiger partial charge in [-0.1, -0.05) is 0 Å². The second kappa shape index (κ2) is 6.01. The zero-order chi connectivity index (χ0) is 14.9. The average molecular weight is 309 g/mol. The quantitative estimate of drug-likeness (QED) is 0.930. The smallest absolute Gasteiger partial charge is 0.271 e. The molecule has 2 fully saturated rings. The highest BCUT2D eigenvalue weighted by molar-refractivity contribution is 7.99. The van der Waals surface area contributed by atoms with Crippen molar-refractivity contribution in [1.82, 2.24) is 14.9 Å². The van der Waals surface area contributed by atoms with E-state index in [-0.39, 0.29) is 17.6 Å². The molecule has 1 aromatic rings. The van der Waals surface area contributed by atoms with Gasteiger partial charge in [-0.05, 0) is 38.9 Å². The van der Waals surface area contributed by atoms with Gasteiger partial charge in [-0.3, -0.25) is 4.79 Å². The number of amides is 1. The number of imidazole rings is 1. The van der Waals surface area contributed by atoms with Gasteiger partial charge >= 0.3 is 0 Å². The molecule has 5 nitrogen and oxygen atoms in total. The van der Waals surface area contributed by atoms with Crippen molar-refractivity contribution in [2.45, 2.75) is 50.8 Å². The van der Waals surface area contributed by atoms with E-state index in [0.717, 1.165) is 31.6 Å². The third-order valence-electron chi connectivity index (χ3n) is 4.33. The van der Waals surface area contributed by atoms with E-state index in [1.54, 1.807) is 6.33 Å². The molecule has 0 bridgehead atoms. The minimum Gasteiger partial charge on any atom is -0.374 e. The fourth-order valence-electron chi connectivity index (χ4n) is 3.01. The van der Waals surface area contributed by atoms with E-state index in [9.17, 15) is 4.79 Å². The molecule has 1 amide bonds. The van der Waals surface area contributed by atoms with E-state index in [0.29, 0.717) is 11.7 Å². The van der Waals surface area contributed by atoms with Gasteiger partial charge in [0.1, 0.15) is 5.69 Å². The van der Waals surface area contributed by atoms with Gasteiger partial charge in [-0.15, -0.1) is 0 Å². The average Bonchev–Trinajstić information content (AvgIpc) is 3.08. The lowest BCUT2D eigenvalue weighted by molar-refractivity contribution is -0.0688. The molecule has 0 unspecified atom stereocenters. The Morgan fingerprint density at radius 2 is 2.48 bits per heavy atom. The van der Waals surface area contributed by atoms with Crippen LogP contribution in [0.5, 0.6) is 0 Å². The standard InChI is InChI=1S/C15H23N3O2S/c1-11(2)18-8-13(16-10-18)14(19)17-12-3-5-20-15(7-12)4-6-21-9-15/h8,10-12H,3-7,9H2,1-2H3,(H,17,19)/t12-,15+/m1/s1. The van der Waals surface area contributed by atoms with Crippen LogP contribution in [0.3, 0.4) is 0 Å². The molecule has 0 aromatic carbocycles. The summed E-state index contributed by atoms with van der Waals surface area (Å²) in [5, 5.41) is 3.13. The van der Waals surface area contributed by atoms with E-state index in [1.165, 1.54) is 5.75 Å². The summed E-state index contributed by atoms with van der Waals surface area (Å²) in [6, 6.07) is 0.523. The fraction of sp³-hybridized carbons (Fsp3) is 0.733. The Morgan fingerprint density at radius 1 is 1.62 bits per heavy atom. The summed E-state index contributed by atoms with van der Waals surface area (Å²) in [6.07, 6.45) is 6.46. The molecule has 0 radical (unpaired) electrons. The van der Waals surface area contributed by atoms with E-state index in [2.05, 4.69) is 24.1 Å². The van der Waals surface area contributed by atoms with Crippen LogP contribution in [0, 0.1) is 0 Å². The van der Waals surface area contributed by atoms with E-state index in [1.807, 2.05) is 22.5 Å². The lowest BCUT2D eigenvalue weighted by Gasteiger charge is -2.37. The molecule has 1 N–H and O–H groups in total. The summed E-state index contributed by atoms with van der Waals surface area (Å²) in [4.78, 5) is 16.5. The van der Waals surface area contributed by atoms with Crippen LogP contribution < -0.4 is 5.32 Å². The highest BCUT2D eigenvalue weighted by Crippen LogP contribution is 2.38. The van der Waals surface area contributed by atoms with Gasteiger partial charge in [0, 0.05) is 30.6 Å². The second-order valence-corrected chi connectivity index (χ2v) is 7.40. The number of rotatable bonds is 3. The van der Waals surface area contributed by atoms with Crippen LogP contribution in [0.25, 0.3) is 0 Å². The number of hydrogen-bond acceptors (Lipinski definition) is 4. The lowest BCUT2D eigenvalue weighted by Crippen LogP contribution is -2.48. The Bertz CT molecular complexity index is 509. The van der Waals surface area contributed by atoms with Crippen molar-refractivity contribution in [2.24, 2.45) is 0 Å². The number of thioether (sulfide) groups is 1. The van der Waals surface area contributed by atoms with Crippen LogP contribution in [0.15, 0.2) is 12.5 Å². The van der Waals surface area contributed by atoms with Gasteiger partial charge in [0.25, 0.3) is 5.91 Å². The molecule has 2 saturated heterocycles. The molecule has 3 rings (SSSR count). The molecule has 2 aliphatic heterocycles. The molecule has 2 aliphatic rings. The van der Waals surface area contributed by atoms with Gasteiger partial charge in [0.2, 0.25) is 0 Å². The van der Waals surface area contributed by atoms with Gasteiger partial charge in [0.15, 0.2) is 0 Å². The topological polar surface area (TPSA) is 56.2 Å². The van der Waals surface area contributed by atoms with E-state index < -0.39 is 0 Å². The maximum Gasteiger partial charge on any atom is 0.271 e. The van der Waals surface area contributed by atoms with Crippen LogP contribution >= 0.6 is 11.8 Å². The third kappa shape index (κ3) is 3.26. The normalized spacial score (nSPS) is 29.2. The summed E-state index contributed by atoms with van der Waals surface area (Å²) in [5.41, 5.74) is 0.503. The van der Waals surface area contributed by atoms with Gasteiger partial charge < -0.3 is 14.6 Å². The molecular weight excluding hydrogens is 286 g/mol. The molecule has 1 spiro atoms. The Hall–Kier alpha value is -1.01. The summed E-state index contributed by atoms with van der Waals surface area (Å²) in [5.74, 6) is 2.16. The summed E-state index contributed by atoms with van der Waals surface area (Å²) >= 11 is 1.95. The number of carbonyl (C=O) groups is 1. The first-order valence-electron chi connectivity index (χ1n) is 7.64. The molecule has 2 atom stereocenters. The van der Waals surface area contributed by atoms with Crippen LogP contribution in [0.4, 0.5) is 0 Å². The molecule has 0 saturated carbocycles. The molecular formula is C15H23N3O2S. The molecule has 0 aliphatic carbocycles. The van der Waals surface area contributed by atoms with Crippen molar-refractivity contribution in [3.05, 3.63) is 18.2 Å². The van der Waals surface area contributed by atoms with E-state index in [4.69, 9.17) is 4.74 Å². The van der Waals surface area contributed by atoms with Crippen molar-refractivity contribution >= 4 is 17.7 Å². The number of carbonyl (C=O) groups excluding carboxylic acids is 1. The highest BCUT2D eigenvalue weighted by Gasteiger charge is 2.40. The van der Waals surface area contributed by atoms with Crippen molar-refractivity contribution in [3.8, 4) is 0 Å². The predicted molar refractivity (Wildman–Crippen MR) is 83.7 cm³/mol. The van der Waals surface area contributed by atoms with E-state index >= 15 is 0 Å². The Morgan fingerprint density at radius 3 is 3.14 bits per heavy atom. The summed E-state index contributed by atoms with van der Waals surface area (Å²) in [6.45, 7) is 4.89. The van der Waals surface area contributed by atoms with Crippen LogP contribution in [-0.4, -0.2) is 45.2 Å². The zero-order valence-corrected chi connectivity index (χ0v) is 13.5. The van der Waals surface area contributed by atoms with Gasteiger partial charge in [-0.2, -0.15) is 11.8 Å². The Balaban J connectivity index is 1.61. The maximum absolute atomic E-state index is 12.3. The fourth-order valence-corrected chi connectivity index (χ4v) is 4.39. The molecule has 21 heavy (non-hydrogen) atoms. The minimum atomic E-state index is -0.0675. The predicted octanol–water partition coefficient (Wildman–Crippen LogP) is 2.25. The molecule has 6 heteroatoms. The number of aromatic nitrogens is 2. The van der Waals surface area contributed by atoms with Crippen molar-refractivity contribution in [3.63, 3.8) is 0 Å². The third-order valence-corrected chi connectivity index (χ3v) is 5.55. The number of hydrogen-bond donors (Lipinski definition) is 1. The molecule has 3 heterocycles. The SMILES string of the molecule is CC(C)n1cnc(C(=O)N[C@@H]2CCO[C@@]3(CCSC3)C2)c1. The van der Waals surface area contributed by atoms with Gasteiger partial charge in [0.05, 0.1) is 11.9 Å². The number of nitrogens with zero attached hydrogens (tertiary/aromatic N) is 2. The number of nitrogens with one attached hydrogen (secondary N) is 1. The molecule has 1 aromatic heterocycles. The van der Waals surface area contributed by atoms with Crippen LogP contribution in [-0.2, 0) is 4.74 Å².